The van der Waals surface area contributed by atoms with E-state index in [9.17, 15) is 19.2 Å². The van der Waals surface area contributed by atoms with Gasteiger partial charge in [0.2, 0.25) is 18.2 Å². The smallest absolute Gasteiger partial charge is 0.255 e. The summed E-state index contributed by atoms with van der Waals surface area (Å²) >= 11 is 0. The average Bonchev–Trinajstić information content (AvgIpc) is 3.01. The maximum absolute atomic E-state index is 12.5. The summed E-state index contributed by atoms with van der Waals surface area (Å²) in [7, 11) is 1.83. The maximum atomic E-state index is 12.5. The number of rotatable bonds is 5. The van der Waals surface area contributed by atoms with E-state index >= 15 is 0 Å². The van der Waals surface area contributed by atoms with E-state index in [1.54, 1.807) is 6.07 Å². The van der Waals surface area contributed by atoms with E-state index in [1.807, 2.05) is 19.2 Å². The van der Waals surface area contributed by atoms with Gasteiger partial charge in [0.15, 0.2) is 0 Å². The number of amides is 4. The number of hydrogen-bond acceptors (Lipinski definition) is 5. The van der Waals surface area contributed by atoms with Gasteiger partial charge in [-0.05, 0) is 54.7 Å². The second-order valence-electron chi connectivity index (χ2n) is 9.01. The van der Waals surface area contributed by atoms with Gasteiger partial charge in [0, 0.05) is 32.2 Å². The minimum atomic E-state index is -0.603. The number of carbonyl (C=O) groups excluding carboxylic acids is 4. The Balaban J connectivity index is 0.000000212. The quantitative estimate of drug-likeness (QED) is 0.549. The van der Waals surface area contributed by atoms with Gasteiger partial charge in [0.25, 0.3) is 5.91 Å². The number of ether oxygens (including phenoxy) is 1. The van der Waals surface area contributed by atoms with Crippen LogP contribution in [-0.4, -0.2) is 48.3 Å². The molecule has 5 rings (SSSR count). The third kappa shape index (κ3) is 4.35. The first-order valence-electron chi connectivity index (χ1n) is 10.9. The molecule has 1 aromatic carbocycles. The van der Waals surface area contributed by atoms with Gasteiger partial charge >= 0.3 is 0 Å². The number of methoxy groups -OCH3 is 1. The van der Waals surface area contributed by atoms with Crippen LogP contribution in [0.15, 0.2) is 18.2 Å². The van der Waals surface area contributed by atoms with Crippen LogP contribution >= 0.6 is 0 Å². The molecule has 0 aromatic heterocycles. The van der Waals surface area contributed by atoms with Crippen molar-refractivity contribution >= 4 is 24.1 Å². The second kappa shape index (κ2) is 8.78. The number of imide groups is 1. The first-order chi connectivity index (χ1) is 14.9. The average molecular weight is 428 g/mol. The number of carbonyl (C=O) groups is 4. The molecule has 2 aliphatic heterocycles. The zero-order valence-corrected chi connectivity index (χ0v) is 17.8. The van der Waals surface area contributed by atoms with E-state index in [2.05, 4.69) is 10.6 Å². The first-order valence-corrected chi connectivity index (χ1v) is 10.9. The van der Waals surface area contributed by atoms with Crippen LogP contribution in [0.3, 0.4) is 0 Å². The molecule has 1 aromatic rings. The van der Waals surface area contributed by atoms with Crippen LogP contribution in [0.25, 0.3) is 0 Å². The lowest BCUT2D eigenvalue weighted by Crippen LogP contribution is -2.52. The molecule has 0 radical (unpaired) electrons. The molecule has 1 atom stereocenters. The molecule has 2 heterocycles. The molecule has 31 heavy (non-hydrogen) atoms. The molecule has 1 spiro atoms. The van der Waals surface area contributed by atoms with Crippen LogP contribution < -0.4 is 10.6 Å². The van der Waals surface area contributed by atoms with Crippen molar-refractivity contribution < 1.29 is 23.9 Å². The fourth-order valence-corrected chi connectivity index (χ4v) is 5.03. The van der Waals surface area contributed by atoms with E-state index in [4.69, 9.17) is 4.74 Å². The zero-order valence-electron chi connectivity index (χ0n) is 17.8. The summed E-state index contributed by atoms with van der Waals surface area (Å²) in [6.07, 6.45) is 8.94. The lowest BCUT2D eigenvalue weighted by Gasteiger charge is -2.53. The number of nitrogens with zero attached hydrogens (tertiary/aromatic N) is 1. The monoisotopic (exact) mass is 427 g/mol. The summed E-state index contributed by atoms with van der Waals surface area (Å²) in [5, 5.41) is 4.82. The molecule has 4 amide bonds. The Kier molecular flexibility index (Phi) is 6.09. The molecule has 2 saturated carbocycles. The third-order valence-electron chi connectivity index (χ3n) is 7.05. The van der Waals surface area contributed by atoms with Crippen LogP contribution in [0.1, 0.15) is 66.4 Å². The van der Waals surface area contributed by atoms with Gasteiger partial charge in [0.1, 0.15) is 6.04 Å². The fourth-order valence-electron chi connectivity index (χ4n) is 5.03. The third-order valence-corrected chi connectivity index (χ3v) is 7.05. The van der Waals surface area contributed by atoms with Gasteiger partial charge in [-0.2, -0.15) is 0 Å². The highest BCUT2D eigenvalue weighted by atomic mass is 16.5. The number of benzene rings is 1. The second-order valence-corrected chi connectivity index (χ2v) is 9.01. The molecule has 166 valence electrons. The Labute approximate surface area is 181 Å². The van der Waals surface area contributed by atoms with Crippen LogP contribution in [0.4, 0.5) is 0 Å². The topological polar surface area (TPSA) is 105 Å². The van der Waals surface area contributed by atoms with Gasteiger partial charge in [-0.25, -0.2) is 0 Å². The summed E-state index contributed by atoms with van der Waals surface area (Å²) in [6, 6.07) is 4.81. The minimum Gasteiger partial charge on any atom is -0.381 e. The van der Waals surface area contributed by atoms with Gasteiger partial charge in [0.05, 0.1) is 6.10 Å². The Morgan fingerprint density at radius 3 is 2.65 bits per heavy atom. The number of nitrogens with one attached hydrogen (secondary N) is 2. The van der Waals surface area contributed by atoms with Crippen molar-refractivity contribution in [1.82, 2.24) is 15.5 Å². The summed E-state index contributed by atoms with van der Waals surface area (Å²) in [6.45, 7) is 0.713. The van der Waals surface area contributed by atoms with Crippen molar-refractivity contribution in [2.45, 2.75) is 70.2 Å². The highest BCUT2D eigenvalue weighted by molar-refractivity contribution is 6.05. The van der Waals surface area contributed by atoms with Crippen molar-refractivity contribution in [1.29, 1.82) is 0 Å². The Morgan fingerprint density at radius 1 is 1.26 bits per heavy atom. The molecule has 1 saturated heterocycles. The minimum absolute atomic E-state index is 0.211. The summed E-state index contributed by atoms with van der Waals surface area (Å²) in [4.78, 5) is 47.5. The number of hydrogen-bond donors (Lipinski definition) is 2. The van der Waals surface area contributed by atoms with Crippen molar-refractivity contribution in [2.24, 2.45) is 5.41 Å². The van der Waals surface area contributed by atoms with E-state index in [0.717, 1.165) is 16.5 Å². The van der Waals surface area contributed by atoms with E-state index < -0.39 is 11.9 Å². The fraction of sp³-hybridized carbons (Fsp3) is 0.565. The summed E-state index contributed by atoms with van der Waals surface area (Å²) in [5.74, 6) is -0.926. The highest BCUT2D eigenvalue weighted by Gasteiger charge is 2.48. The SMILES string of the molecule is COC1CC2(CCC2)C1.O=CNCc1ccc2c(c1)C(=O)N(C1CCC(=O)NC1=O)C2. The van der Waals surface area contributed by atoms with Crippen molar-refractivity contribution in [2.75, 3.05) is 7.11 Å². The van der Waals surface area contributed by atoms with Crippen molar-refractivity contribution in [3.05, 3.63) is 34.9 Å². The van der Waals surface area contributed by atoms with Crippen LogP contribution in [0.2, 0.25) is 0 Å². The molecule has 4 aliphatic rings. The van der Waals surface area contributed by atoms with Gasteiger partial charge in [-0.3, -0.25) is 24.5 Å². The lowest BCUT2D eigenvalue weighted by molar-refractivity contribution is -0.136. The summed E-state index contributed by atoms with van der Waals surface area (Å²) < 4.78 is 5.22. The zero-order chi connectivity index (χ0) is 22.0. The van der Waals surface area contributed by atoms with Gasteiger partial charge in [-0.15, -0.1) is 0 Å². The van der Waals surface area contributed by atoms with Crippen LogP contribution in [0.5, 0.6) is 0 Å². The first kappa shape index (κ1) is 21.5. The van der Waals surface area contributed by atoms with E-state index in [1.165, 1.54) is 37.0 Å². The largest absolute Gasteiger partial charge is 0.381 e. The molecule has 0 bridgehead atoms. The number of piperidine rings is 1. The molecule has 3 fully saturated rings. The predicted molar refractivity (Wildman–Crippen MR) is 112 cm³/mol. The van der Waals surface area contributed by atoms with Crippen molar-refractivity contribution in [3.63, 3.8) is 0 Å². The molecule has 8 nitrogen and oxygen atoms in total. The Morgan fingerprint density at radius 2 is 2.03 bits per heavy atom. The molecule has 8 heteroatoms. The Hall–Kier alpha value is -2.74. The molecular weight excluding hydrogens is 398 g/mol. The van der Waals surface area contributed by atoms with E-state index in [-0.39, 0.29) is 18.2 Å². The summed E-state index contributed by atoms with van der Waals surface area (Å²) in [5.41, 5.74) is 3.02. The number of fused-ring (bicyclic) bond motifs is 1. The molecular formula is C23H29N3O5. The molecule has 1 unspecified atom stereocenters. The normalized spacial score (nSPS) is 23.8. The standard InChI is InChI=1S/C15H15N3O4.C8H14O/c19-8-16-6-9-1-2-10-7-18(15(22)11(10)5-9)12-3-4-13(20)17-14(12)21;1-9-7-5-8(6-7)3-2-4-8/h1-2,5,8,12H,3-4,6-7H2,(H,16,19)(H,17,20,21);7H,2-6H2,1H3. The maximum Gasteiger partial charge on any atom is 0.255 e. The van der Waals surface area contributed by atoms with Crippen molar-refractivity contribution in [3.8, 4) is 0 Å². The van der Waals surface area contributed by atoms with E-state index in [0.29, 0.717) is 37.6 Å². The van der Waals surface area contributed by atoms with Gasteiger partial charge in [-0.1, -0.05) is 18.6 Å². The van der Waals surface area contributed by atoms with Crippen LogP contribution in [-0.2, 0) is 32.2 Å². The predicted octanol–water partition coefficient (Wildman–Crippen LogP) is 1.66. The lowest BCUT2D eigenvalue weighted by atomic mass is 9.55. The van der Waals surface area contributed by atoms with Gasteiger partial charge < -0.3 is 15.0 Å². The van der Waals surface area contributed by atoms with Crippen LogP contribution in [0, 0.1) is 5.41 Å². The molecule has 2 N–H and O–H groups in total. The highest BCUT2D eigenvalue weighted by Crippen LogP contribution is 2.56. The Bertz CT molecular complexity index is 887. The molecule has 2 aliphatic carbocycles.